The van der Waals surface area contributed by atoms with Gasteiger partial charge in [-0.3, -0.25) is 4.99 Å². The molecule has 0 aliphatic heterocycles. The summed E-state index contributed by atoms with van der Waals surface area (Å²) in [4.78, 5) is 5.47. The van der Waals surface area contributed by atoms with Crippen LogP contribution in [0.25, 0.3) is 10.6 Å². The van der Waals surface area contributed by atoms with Gasteiger partial charge >= 0.3 is 0 Å². The summed E-state index contributed by atoms with van der Waals surface area (Å²) in [6.07, 6.45) is 0.700. The number of hydrogen-bond acceptors (Lipinski definition) is 4. The van der Waals surface area contributed by atoms with E-state index in [9.17, 15) is 5.11 Å². The molecular formula is C18H18ClN3OS. The maximum atomic E-state index is 9.66. The summed E-state index contributed by atoms with van der Waals surface area (Å²) in [5.74, 6) is 0. The fraction of sp³-hybridized carbons (Fsp3) is 0.222. The van der Waals surface area contributed by atoms with Crippen LogP contribution in [0, 0.1) is 0 Å². The first kappa shape index (κ1) is 16.9. The molecule has 0 bridgehead atoms. The average Bonchev–Trinajstić information content (AvgIpc) is 2.96. The van der Waals surface area contributed by atoms with Gasteiger partial charge in [0.25, 0.3) is 0 Å². The molecule has 2 aromatic carbocycles. The first-order chi connectivity index (χ1) is 11.7. The molecule has 124 valence electrons. The van der Waals surface area contributed by atoms with E-state index < -0.39 is 0 Å². The highest BCUT2D eigenvalue weighted by atomic mass is 35.5. The van der Waals surface area contributed by atoms with Crippen LogP contribution in [0.3, 0.4) is 0 Å². The molecule has 0 radical (unpaired) electrons. The molecule has 4 nitrogen and oxygen atoms in total. The Hall–Kier alpha value is -1.95. The van der Waals surface area contributed by atoms with Crippen molar-refractivity contribution in [2.45, 2.75) is 12.5 Å². The second kappa shape index (κ2) is 7.75. The van der Waals surface area contributed by atoms with Crippen molar-refractivity contribution >= 4 is 22.9 Å². The fourth-order valence-electron chi connectivity index (χ4n) is 2.36. The molecule has 0 saturated heterocycles. The van der Waals surface area contributed by atoms with Gasteiger partial charge in [0.05, 0.1) is 12.6 Å². The average molecular weight is 360 g/mol. The molecule has 1 aromatic heterocycles. The Balaban J connectivity index is 1.87. The summed E-state index contributed by atoms with van der Waals surface area (Å²) >= 11 is 7.44. The third-order valence-corrected chi connectivity index (χ3v) is 4.93. The molecule has 24 heavy (non-hydrogen) atoms. The van der Waals surface area contributed by atoms with Gasteiger partial charge < -0.3 is 5.11 Å². The summed E-state index contributed by atoms with van der Waals surface area (Å²) in [7, 11) is 1.87. The number of aromatic nitrogens is 2. The lowest BCUT2D eigenvalue weighted by Crippen LogP contribution is -2.21. The van der Waals surface area contributed by atoms with E-state index in [1.54, 1.807) is 4.68 Å². The molecule has 1 unspecified atom stereocenters. The standard InChI is InChI=1S/C18H18ClN3OS/c1-22-18(20-16(12-23)11-13-5-3-2-4-6-13)24-17(21-22)14-7-9-15(19)10-8-14/h2-10,16,23H,11-12H2,1H3. The van der Waals surface area contributed by atoms with Crippen molar-refractivity contribution in [3.05, 3.63) is 70.0 Å². The smallest absolute Gasteiger partial charge is 0.203 e. The van der Waals surface area contributed by atoms with Crippen molar-refractivity contribution < 1.29 is 5.11 Å². The molecule has 0 spiro atoms. The normalized spacial score (nSPS) is 13.2. The summed E-state index contributed by atoms with van der Waals surface area (Å²) in [6.45, 7) is 0.00305. The lowest BCUT2D eigenvalue weighted by molar-refractivity contribution is 0.263. The number of aliphatic hydroxyl groups is 1. The summed E-state index contributed by atoms with van der Waals surface area (Å²) < 4.78 is 1.75. The van der Waals surface area contributed by atoms with Crippen LogP contribution in [0.15, 0.2) is 59.6 Å². The highest BCUT2D eigenvalue weighted by Gasteiger charge is 2.10. The highest BCUT2D eigenvalue weighted by Crippen LogP contribution is 2.21. The van der Waals surface area contributed by atoms with E-state index in [4.69, 9.17) is 11.6 Å². The molecule has 0 fully saturated rings. The van der Waals surface area contributed by atoms with Crippen LogP contribution in [0.5, 0.6) is 0 Å². The lowest BCUT2D eigenvalue weighted by atomic mass is 10.1. The Bertz CT molecular complexity index is 856. The number of hydrogen-bond donors (Lipinski definition) is 1. The number of benzene rings is 2. The molecular weight excluding hydrogens is 342 g/mol. The Morgan fingerprint density at radius 3 is 2.54 bits per heavy atom. The molecule has 1 atom stereocenters. The summed E-state index contributed by atoms with van der Waals surface area (Å²) in [5.41, 5.74) is 2.16. The van der Waals surface area contributed by atoms with Gasteiger partial charge in [0.2, 0.25) is 4.80 Å². The molecule has 1 N–H and O–H groups in total. The number of rotatable bonds is 5. The number of halogens is 1. The Kier molecular flexibility index (Phi) is 5.45. The largest absolute Gasteiger partial charge is 0.394 e. The third kappa shape index (κ3) is 4.12. The van der Waals surface area contributed by atoms with E-state index in [0.29, 0.717) is 11.4 Å². The number of aliphatic hydroxyl groups excluding tert-OH is 1. The van der Waals surface area contributed by atoms with Gasteiger partial charge in [0.1, 0.15) is 5.01 Å². The Morgan fingerprint density at radius 1 is 1.17 bits per heavy atom. The Morgan fingerprint density at radius 2 is 1.88 bits per heavy atom. The van der Waals surface area contributed by atoms with Crippen LogP contribution in [0.1, 0.15) is 5.56 Å². The molecule has 0 amide bonds. The second-order valence-electron chi connectivity index (χ2n) is 5.48. The van der Waals surface area contributed by atoms with Gasteiger partial charge in [-0.1, -0.05) is 65.4 Å². The molecule has 3 rings (SSSR count). The highest BCUT2D eigenvalue weighted by molar-refractivity contribution is 7.12. The van der Waals surface area contributed by atoms with Gasteiger partial charge in [-0.2, -0.15) is 5.10 Å². The van der Waals surface area contributed by atoms with E-state index in [1.807, 2.05) is 61.6 Å². The first-order valence-corrected chi connectivity index (χ1v) is 8.84. The molecule has 0 aliphatic carbocycles. The van der Waals surface area contributed by atoms with Crippen molar-refractivity contribution in [1.29, 1.82) is 0 Å². The SMILES string of the molecule is Cn1nc(-c2ccc(Cl)cc2)sc1=NC(CO)Cc1ccccc1. The predicted molar refractivity (Wildman–Crippen MR) is 98.1 cm³/mol. The monoisotopic (exact) mass is 359 g/mol. The van der Waals surface area contributed by atoms with Crippen molar-refractivity contribution in [3.63, 3.8) is 0 Å². The van der Waals surface area contributed by atoms with Crippen LogP contribution >= 0.6 is 22.9 Å². The van der Waals surface area contributed by atoms with Crippen molar-refractivity contribution in [2.75, 3.05) is 6.61 Å². The van der Waals surface area contributed by atoms with Crippen LogP contribution in [-0.4, -0.2) is 27.5 Å². The zero-order valence-corrected chi connectivity index (χ0v) is 14.8. The minimum absolute atomic E-state index is 0.00305. The van der Waals surface area contributed by atoms with Crippen LogP contribution in [-0.2, 0) is 13.5 Å². The van der Waals surface area contributed by atoms with Gasteiger partial charge in [0, 0.05) is 17.6 Å². The van der Waals surface area contributed by atoms with E-state index in [2.05, 4.69) is 10.1 Å². The maximum Gasteiger partial charge on any atom is 0.203 e. The Labute approximate surface area is 149 Å². The minimum Gasteiger partial charge on any atom is -0.394 e. The maximum absolute atomic E-state index is 9.66. The molecule has 0 aliphatic rings. The quantitative estimate of drug-likeness (QED) is 0.759. The predicted octanol–water partition coefficient (Wildman–Crippen LogP) is 3.31. The first-order valence-electron chi connectivity index (χ1n) is 7.64. The molecule has 6 heteroatoms. The molecule has 1 heterocycles. The van der Waals surface area contributed by atoms with Crippen molar-refractivity contribution in [3.8, 4) is 10.6 Å². The molecule has 0 saturated carbocycles. The van der Waals surface area contributed by atoms with Crippen molar-refractivity contribution in [1.82, 2.24) is 9.78 Å². The zero-order chi connectivity index (χ0) is 16.9. The van der Waals surface area contributed by atoms with Crippen LogP contribution in [0.2, 0.25) is 5.02 Å². The van der Waals surface area contributed by atoms with Gasteiger partial charge in [0.15, 0.2) is 0 Å². The molecule has 3 aromatic rings. The van der Waals surface area contributed by atoms with E-state index in [-0.39, 0.29) is 12.6 Å². The fourth-order valence-corrected chi connectivity index (χ4v) is 3.46. The topological polar surface area (TPSA) is 50.4 Å². The van der Waals surface area contributed by atoms with Gasteiger partial charge in [-0.25, -0.2) is 4.68 Å². The van der Waals surface area contributed by atoms with Gasteiger partial charge in [-0.15, -0.1) is 0 Å². The zero-order valence-electron chi connectivity index (χ0n) is 13.3. The van der Waals surface area contributed by atoms with Crippen LogP contribution < -0.4 is 4.80 Å². The van der Waals surface area contributed by atoms with E-state index in [0.717, 1.165) is 20.9 Å². The van der Waals surface area contributed by atoms with Gasteiger partial charge in [-0.05, 0) is 24.1 Å². The number of nitrogens with zero attached hydrogens (tertiary/aromatic N) is 3. The summed E-state index contributed by atoms with van der Waals surface area (Å²) in [6, 6.07) is 17.5. The van der Waals surface area contributed by atoms with Crippen LogP contribution in [0.4, 0.5) is 0 Å². The summed E-state index contributed by atoms with van der Waals surface area (Å²) in [5, 5.41) is 15.8. The van der Waals surface area contributed by atoms with E-state index >= 15 is 0 Å². The van der Waals surface area contributed by atoms with E-state index in [1.165, 1.54) is 11.3 Å². The number of aryl methyl sites for hydroxylation is 1. The minimum atomic E-state index is -0.183. The second-order valence-corrected chi connectivity index (χ2v) is 6.87. The van der Waals surface area contributed by atoms with Crippen molar-refractivity contribution in [2.24, 2.45) is 12.0 Å². The third-order valence-electron chi connectivity index (χ3n) is 3.61. The lowest BCUT2D eigenvalue weighted by Gasteiger charge is -2.08.